The van der Waals surface area contributed by atoms with Crippen molar-refractivity contribution in [2.24, 2.45) is 0 Å². The maximum Gasteiger partial charge on any atom is 0.306 e. The van der Waals surface area contributed by atoms with Gasteiger partial charge in [-0.25, -0.2) is 0 Å². The first kappa shape index (κ1) is 77.9. The Balaban J connectivity index is 4.33. The first-order chi connectivity index (χ1) is 40.0. The fourth-order valence-corrected chi connectivity index (χ4v) is 10.4. The highest BCUT2D eigenvalue weighted by atomic mass is 16.6. The Bertz CT molecular complexity index is 1490. The maximum absolute atomic E-state index is 13.0. The molecule has 0 amide bonds. The third-order valence-corrected chi connectivity index (χ3v) is 15.7. The average Bonchev–Trinajstić information content (AvgIpc) is 3.47. The van der Waals surface area contributed by atoms with Crippen LogP contribution in [0.5, 0.6) is 0 Å². The van der Waals surface area contributed by atoms with Crippen molar-refractivity contribution in [3.8, 4) is 0 Å². The highest BCUT2D eigenvalue weighted by Gasteiger charge is 2.19. The van der Waals surface area contributed by atoms with Crippen molar-refractivity contribution in [3.63, 3.8) is 0 Å². The van der Waals surface area contributed by atoms with Gasteiger partial charge in [0.1, 0.15) is 13.2 Å². The molecule has 0 aliphatic carbocycles. The topological polar surface area (TPSA) is 78.9 Å². The second-order valence-electron chi connectivity index (χ2n) is 23.8. The van der Waals surface area contributed by atoms with Crippen LogP contribution in [0.25, 0.3) is 0 Å². The molecule has 0 fully saturated rings. The summed E-state index contributed by atoms with van der Waals surface area (Å²) in [5.74, 6) is -0.865. The lowest BCUT2D eigenvalue weighted by atomic mass is 10.0. The number of carbonyl (C=O) groups excluding carboxylic acids is 3. The molecule has 0 spiro atoms. The lowest BCUT2D eigenvalue weighted by molar-refractivity contribution is -0.167. The molecule has 0 aliphatic rings. The summed E-state index contributed by atoms with van der Waals surface area (Å²) in [6, 6.07) is 0. The van der Waals surface area contributed by atoms with E-state index in [9.17, 15) is 14.4 Å². The average molecular weight is 1130 g/mol. The second-order valence-corrected chi connectivity index (χ2v) is 23.8. The SMILES string of the molecule is CC/C=C\C/C=C\C/C=C\C/C=C\CCCCCCCCCCCCC(=O)OCC(COC(=O)CCCCCCCCC/C=C\C/C=C\CCCCC)OC(=O)CCCCCCCCCCCCCCCCCCCCCCCCC. The summed E-state index contributed by atoms with van der Waals surface area (Å²) in [6.45, 7) is 6.56. The van der Waals surface area contributed by atoms with E-state index >= 15 is 0 Å². The predicted molar refractivity (Wildman–Crippen MR) is 353 cm³/mol. The van der Waals surface area contributed by atoms with Crippen LogP contribution in [-0.4, -0.2) is 37.2 Å². The van der Waals surface area contributed by atoms with Crippen molar-refractivity contribution in [2.75, 3.05) is 13.2 Å². The van der Waals surface area contributed by atoms with E-state index in [1.807, 2.05) is 0 Å². The number of hydrogen-bond donors (Lipinski definition) is 0. The highest BCUT2D eigenvalue weighted by Crippen LogP contribution is 2.18. The standard InChI is InChI=1S/C75H134O6/c1-4-7-10-13-16-19-22-25-28-31-33-35-37-39-41-44-47-50-53-56-59-62-65-68-74(77)80-71-72(70-79-73(76)67-64-61-58-55-52-49-46-43-30-27-24-21-18-15-12-9-6-3)81-75(78)69-66-63-60-57-54-51-48-45-42-40-38-36-34-32-29-26-23-20-17-14-11-8-5-2/h7,10,16,18-19,21,25,27-28,30,33,35,72H,4-6,8-9,11-15,17,20,22-24,26,29,31-32,34,36-71H2,1-3H3/b10-7-,19-16-,21-18-,28-25-,30-27-,35-33-. The van der Waals surface area contributed by atoms with Crippen molar-refractivity contribution in [3.05, 3.63) is 72.9 Å². The molecule has 6 heteroatoms. The maximum atomic E-state index is 13.0. The van der Waals surface area contributed by atoms with Gasteiger partial charge in [0.05, 0.1) is 0 Å². The number of hydrogen-bond acceptors (Lipinski definition) is 6. The Labute approximate surface area is 503 Å². The number of rotatable bonds is 65. The monoisotopic (exact) mass is 1130 g/mol. The minimum absolute atomic E-state index is 0.0767. The smallest absolute Gasteiger partial charge is 0.306 e. The molecule has 81 heavy (non-hydrogen) atoms. The van der Waals surface area contributed by atoms with Crippen LogP contribution in [0.4, 0.5) is 0 Å². The van der Waals surface area contributed by atoms with Crippen LogP contribution in [0.2, 0.25) is 0 Å². The fourth-order valence-electron chi connectivity index (χ4n) is 10.4. The number of unbranched alkanes of at least 4 members (excludes halogenated alkanes) is 42. The summed E-state index contributed by atoms with van der Waals surface area (Å²) in [7, 11) is 0. The van der Waals surface area contributed by atoms with Crippen LogP contribution in [0.1, 0.15) is 367 Å². The van der Waals surface area contributed by atoms with Crippen LogP contribution >= 0.6 is 0 Å². The molecule has 0 N–H and O–H groups in total. The summed E-state index contributed by atoms with van der Waals surface area (Å²) < 4.78 is 17.0. The summed E-state index contributed by atoms with van der Waals surface area (Å²) >= 11 is 0. The van der Waals surface area contributed by atoms with Crippen molar-refractivity contribution < 1.29 is 28.6 Å². The molecule has 0 radical (unpaired) electrons. The van der Waals surface area contributed by atoms with Gasteiger partial charge in [0.2, 0.25) is 0 Å². The van der Waals surface area contributed by atoms with E-state index in [4.69, 9.17) is 14.2 Å². The quantitative estimate of drug-likeness (QED) is 0.0261. The van der Waals surface area contributed by atoms with Gasteiger partial charge in [-0.15, -0.1) is 0 Å². The molecule has 0 aromatic rings. The summed E-state index contributed by atoms with van der Waals surface area (Å²) in [6.07, 6.45) is 90.6. The summed E-state index contributed by atoms with van der Waals surface area (Å²) in [5, 5.41) is 0. The Morgan fingerprint density at radius 1 is 0.259 bits per heavy atom. The van der Waals surface area contributed by atoms with Crippen molar-refractivity contribution in [2.45, 2.75) is 374 Å². The van der Waals surface area contributed by atoms with E-state index in [0.717, 1.165) is 96.3 Å². The lowest BCUT2D eigenvalue weighted by Gasteiger charge is -2.18. The second kappa shape index (κ2) is 69.3. The molecule has 0 aromatic carbocycles. The molecule has 6 nitrogen and oxygen atoms in total. The first-order valence-corrected chi connectivity index (χ1v) is 35.4. The lowest BCUT2D eigenvalue weighted by Crippen LogP contribution is -2.30. The third kappa shape index (κ3) is 67.5. The fraction of sp³-hybridized carbons (Fsp3) is 0.800. The molecule has 1 atom stereocenters. The van der Waals surface area contributed by atoms with Gasteiger partial charge in [-0.2, -0.15) is 0 Å². The Kier molecular flexibility index (Phi) is 66.6. The van der Waals surface area contributed by atoms with E-state index in [-0.39, 0.29) is 31.1 Å². The van der Waals surface area contributed by atoms with E-state index in [2.05, 4.69) is 93.7 Å². The number of carbonyl (C=O) groups is 3. The normalized spacial score (nSPS) is 12.5. The van der Waals surface area contributed by atoms with Crippen LogP contribution in [-0.2, 0) is 28.6 Å². The summed E-state index contributed by atoms with van der Waals surface area (Å²) in [5.41, 5.74) is 0. The van der Waals surface area contributed by atoms with Crippen LogP contribution in [0.15, 0.2) is 72.9 Å². The van der Waals surface area contributed by atoms with E-state index in [1.54, 1.807) is 0 Å². The van der Waals surface area contributed by atoms with Crippen molar-refractivity contribution >= 4 is 17.9 Å². The van der Waals surface area contributed by atoms with Gasteiger partial charge in [-0.1, -0.05) is 331 Å². The summed E-state index contributed by atoms with van der Waals surface area (Å²) in [4.78, 5) is 38.5. The molecule has 0 saturated heterocycles. The number of allylic oxidation sites excluding steroid dienone is 12. The Hall–Kier alpha value is -3.15. The van der Waals surface area contributed by atoms with Gasteiger partial charge in [0.15, 0.2) is 6.10 Å². The van der Waals surface area contributed by atoms with E-state index < -0.39 is 6.10 Å². The highest BCUT2D eigenvalue weighted by molar-refractivity contribution is 5.71. The molecule has 0 rings (SSSR count). The zero-order chi connectivity index (χ0) is 58.5. The van der Waals surface area contributed by atoms with Crippen LogP contribution < -0.4 is 0 Å². The number of ether oxygens (including phenoxy) is 3. The van der Waals surface area contributed by atoms with Crippen molar-refractivity contribution in [1.82, 2.24) is 0 Å². The minimum Gasteiger partial charge on any atom is -0.462 e. The largest absolute Gasteiger partial charge is 0.462 e. The predicted octanol–water partition coefficient (Wildman–Crippen LogP) is 24.4. The zero-order valence-electron chi connectivity index (χ0n) is 54.1. The first-order valence-electron chi connectivity index (χ1n) is 35.4. The molecule has 470 valence electrons. The molecule has 0 heterocycles. The molecular weight excluding hydrogens is 997 g/mol. The zero-order valence-corrected chi connectivity index (χ0v) is 54.1. The molecule has 0 aromatic heterocycles. The van der Waals surface area contributed by atoms with Gasteiger partial charge >= 0.3 is 17.9 Å². The molecular formula is C75H134O6. The van der Waals surface area contributed by atoms with Gasteiger partial charge in [0.25, 0.3) is 0 Å². The van der Waals surface area contributed by atoms with Gasteiger partial charge in [0, 0.05) is 19.3 Å². The van der Waals surface area contributed by atoms with Gasteiger partial charge in [-0.3, -0.25) is 14.4 Å². The van der Waals surface area contributed by atoms with Gasteiger partial charge in [-0.05, 0) is 89.9 Å². The number of esters is 3. The van der Waals surface area contributed by atoms with Crippen molar-refractivity contribution in [1.29, 1.82) is 0 Å². The third-order valence-electron chi connectivity index (χ3n) is 15.7. The van der Waals surface area contributed by atoms with Gasteiger partial charge < -0.3 is 14.2 Å². The van der Waals surface area contributed by atoms with Crippen LogP contribution in [0, 0.1) is 0 Å². The molecule has 1 unspecified atom stereocenters. The minimum atomic E-state index is -0.781. The van der Waals surface area contributed by atoms with E-state index in [1.165, 1.54) is 231 Å². The molecule has 0 bridgehead atoms. The molecule has 0 saturated carbocycles. The van der Waals surface area contributed by atoms with E-state index in [0.29, 0.717) is 19.3 Å². The Morgan fingerprint density at radius 2 is 0.481 bits per heavy atom. The molecule has 0 aliphatic heterocycles. The Morgan fingerprint density at radius 3 is 0.778 bits per heavy atom. The van der Waals surface area contributed by atoms with Crippen LogP contribution in [0.3, 0.4) is 0 Å².